The number of methoxy groups -OCH3 is 1. The Morgan fingerprint density at radius 2 is 1.22 bits per heavy atom. The number of Topliss-reactive ketones (excluding diaryl/α,β-unsaturated/α-hetero) is 1. The number of aldehydes is 1. The van der Waals surface area contributed by atoms with Crippen LogP contribution in [0.5, 0.6) is 0 Å². The molecular formula is C58H104O15Si3. The van der Waals surface area contributed by atoms with Gasteiger partial charge in [0.1, 0.15) is 30.4 Å². The van der Waals surface area contributed by atoms with Crippen molar-refractivity contribution in [1.29, 1.82) is 0 Å². The zero-order valence-electron chi connectivity index (χ0n) is 50.8. The fourth-order valence-corrected chi connectivity index (χ4v) is 23.0. The highest BCUT2D eigenvalue weighted by Crippen LogP contribution is 2.51. The van der Waals surface area contributed by atoms with E-state index in [1.54, 1.807) is 14.0 Å². The fourth-order valence-electron chi connectivity index (χ4n) is 13.3. The number of carbonyl (C=O) groups excluding carboxylic acids is 5. The van der Waals surface area contributed by atoms with Crippen LogP contribution >= 0.6 is 0 Å². The molecule has 4 aliphatic heterocycles. The topological polar surface area (TPSA) is 178 Å². The van der Waals surface area contributed by atoms with Gasteiger partial charge in [0.15, 0.2) is 28.2 Å². The molecule has 0 aromatic carbocycles. The first-order valence-electron chi connectivity index (χ1n) is 28.9. The number of carbonyl (C=O) groups is 5. The monoisotopic (exact) mass is 1120 g/mol. The summed E-state index contributed by atoms with van der Waals surface area (Å²) in [4.78, 5) is 66.8. The van der Waals surface area contributed by atoms with Gasteiger partial charge < -0.3 is 51.2 Å². The van der Waals surface area contributed by atoms with Crippen LogP contribution in [-0.2, 0) is 70.4 Å². The zero-order chi connectivity index (χ0) is 57.6. The van der Waals surface area contributed by atoms with Crippen LogP contribution in [-0.4, -0.2) is 128 Å². The lowest BCUT2D eigenvalue weighted by molar-refractivity contribution is -0.347. The van der Waals surface area contributed by atoms with Gasteiger partial charge in [-0.2, -0.15) is 0 Å². The number of hydrogen-bond donors (Lipinski definition) is 0. The van der Waals surface area contributed by atoms with Crippen molar-refractivity contribution in [3.63, 3.8) is 0 Å². The first-order valence-corrected chi connectivity index (χ1v) is 36.5. The molecule has 0 bridgehead atoms. The number of hydrogen-bond acceptors (Lipinski definition) is 15. The second kappa shape index (κ2) is 26.6. The van der Waals surface area contributed by atoms with Gasteiger partial charge in [-0.3, -0.25) is 19.2 Å². The third-order valence-electron chi connectivity index (χ3n) is 18.2. The van der Waals surface area contributed by atoms with E-state index >= 15 is 0 Å². The van der Waals surface area contributed by atoms with E-state index in [2.05, 4.69) is 110 Å². The molecule has 4 aliphatic rings. The Kier molecular flexibility index (Phi) is 23.3. The molecule has 0 amide bonds. The van der Waals surface area contributed by atoms with Gasteiger partial charge in [0.05, 0.1) is 48.5 Å². The average molecular weight is 1130 g/mol. The summed E-state index contributed by atoms with van der Waals surface area (Å²) in [5.74, 6) is -5.22. The van der Waals surface area contributed by atoms with Gasteiger partial charge in [-0.15, -0.1) is 0 Å². The van der Waals surface area contributed by atoms with Crippen LogP contribution in [0.4, 0.5) is 0 Å². The van der Waals surface area contributed by atoms with Crippen molar-refractivity contribution in [1.82, 2.24) is 0 Å². The SMILES string of the molecule is C=C(C[C@H]1C[C@](C)(O[Si](CC)(CC)CC)C[C@@]2(C[C@@H](OC(C)=O)C[C@H](CC(=O)O[Si](C(C)C)(C(C)C)C(C)C)O2)O1)[C@H](C)[C@H](OC(C)=O)[C@H](C)C(=O)C[C@@H]1C[C@H](OC)C[C@]2(C[C@@H](O[Si](C)(C)C(C)(C)C)C[C@H](C=O)O2)O1. The summed E-state index contributed by atoms with van der Waals surface area (Å²) in [6, 6.07) is 2.76. The number of ether oxygens (including phenoxy) is 7. The van der Waals surface area contributed by atoms with Gasteiger partial charge in [-0.25, -0.2) is 0 Å². The van der Waals surface area contributed by atoms with Crippen molar-refractivity contribution in [2.45, 2.75) is 307 Å². The number of esters is 2. The molecule has 76 heavy (non-hydrogen) atoms. The molecule has 13 atom stereocenters. The van der Waals surface area contributed by atoms with Crippen LogP contribution < -0.4 is 0 Å². The summed E-state index contributed by atoms with van der Waals surface area (Å²) in [5.41, 5.74) is 0.556. The second-order valence-corrected chi connectivity index (χ2v) is 40.9. The molecule has 4 saturated heterocycles. The Morgan fingerprint density at radius 3 is 1.74 bits per heavy atom. The largest absolute Gasteiger partial charge is 0.518 e. The molecule has 438 valence electrons. The van der Waals surface area contributed by atoms with E-state index in [1.807, 2.05) is 6.92 Å². The van der Waals surface area contributed by atoms with Crippen LogP contribution in [0.25, 0.3) is 0 Å². The number of rotatable bonds is 25. The van der Waals surface area contributed by atoms with Crippen LogP contribution in [0.2, 0.25) is 52.9 Å². The molecule has 0 aliphatic carbocycles. The molecule has 0 aromatic heterocycles. The first kappa shape index (κ1) is 66.4. The van der Waals surface area contributed by atoms with Gasteiger partial charge >= 0.3 is 11.9 Å². The third-order valence-corrected chi connectivity index (χ3v) is 33.5. The molecule has 0 N–H and O–H groups in total. The predicted octanol–water partition coefficient (Wildman–Crippen LogP) is 12.6. The summed E-state index contributed by atoms with van der Waals surface area (Å²) in [7, 11) is -5.43. The molecule has 0 saturated carbocycles. The highest BCUT2D eigenvalue weighted by molar-refractivity contribution is 6.79. The number of ketones is 1. The molecule has 0 radical (unpaired) electrons. The minimum Gasteiger partial charge on any atom is -0.518 e. The molecule has 15 nitrogen and oxygen atoms in total. The molecule has 4 rings (SSSR count). The molecule has 4 heterocycles. The predicted molar refractivity (Wildman–Crippen MR) is 302 cm³/mol. The maximum Gasteiger partial charge on any atom is 0.302 e. The van der Waals surface area contributed by atoms with E-state index in [0.717, 1.165) is 24.4 Å². The molecule has 4 fully saturated rings. The highest BCUT2D eigenvalue weighted by atomic mass is 28.4. The van der Waals surface area contributed by atoms with E-state index < -0.39 is 103 Å². The van der Waals surface area contributed by atoms with Crippen molar-refractivity contribution in [2.75, 3.05) is 7.11 Å². The average Bonchev–Trinajstić information content (AvgIpc) is 3.29. The van der Waals surface area contributed by atoms with Crippen molar-refractivity contribution in [3.05, 3.63) is 12.2 Å². The summed E-state index contributed by atoms with van der Waals surface area (Å²) >= 11 is 0. The van der Waals surface area contributed by atoms with Gasteiger partial charge in [0.2, 0.25) is 0 Å². The molecule has 0 aromatic rings. The van der Waals surface area contributed by atoms with Crippen molar-refractivity contribution < 1.29 is 70.4 Å². The maximum atomic E-state index is 14.6. The van der Waals surface area contributed by atoms with Crippen molar-refractivity contribution in [3.8, 4) is 0 Å². The van der Waals surface area contributed by atoms with Gasteiger partial charge in [-0.1, -0.05) is 109 Å². The summed E-state index contributed by atoms with van der Waals surface area (Å²) in [6.45, 7) is 43.5. The van der Waals surface area contributed by atoms with Gasteiger partial charge in [0.25, 0.3) is 14.3 Å². The second-order valence-electron chi connectivity index (χ2n) is 26.1. The maximum absolute atomic E-state index is 14.6. The third kappa shape index (κ3) is 16.5. The Labute approximate surface area is 461 Å². The molecule has 0 unspecified atom stereocenters. The minimum atomic E-state index is -2.58. The Bertz CT molecular complexity index is 1950. The van der Waals surface area contributed by atoms with Gasteiger partial charge in [0, 0.05) is 84.7 Å². The summed E-state index contributed by atoms with van der Waals surface area (Å²) in [5, 5.41) is -0.0535. The lowest BCUT2D eigenvalue weighted by Crippen LogP contribution is -2.61. The van der Waals surface area contributed by atoms with E-state index in [-0.39, 0.29) is 64.9 Å². The fraction of sp³-hybridized carbons (Fsp3) is 0.879. The Balaban J connectivity index is 1.64. The summed E-state index contributed by atoms with van der Waals surface area (Å²) < 4.78 is 66.3. The van der Waals surface area contributed by atoms with E-state index in [0.29, 0.717) is 56.9 Å². The molecular weight excluding hydrogens is 1020 g/mol. The Hall–Kier alpha value is -2.14. The van der Waals surface area contributed by atoms with Crippen LogP contribution in [0.3, 0.4) is 0 Å². The zero-order valence-corrected chi connectivity index (χ0v) is 53.8. The van der Waals surface area contributed by atoms with E-state index in [1.165, 1.54) is 13.8 Å². The Morgan fingerprint density at radius 1 is 0.697 bits per heavy atom. The summed E-state index contributed by atoms with van der Waals surface area (Å²) in [6.07, 6.45) is -0.521. The lowest BCUT2D eigenvalue weighted by Gasteiger charge is -2.55. The van der Waals surface area contributed by atoms with Crippen molar-refractivity contribution in [2.24, 2.45) is 11.8 Å². The van der Waals surface area contributed by atoms with Crippen LogP contribution in [0.15, 0.2) is 12.2 Å². The molecule has 18 heteroatoms. The normalized spacial score (nSPS) is 31.0. The van der Waals surface area contributed by atoms with Crippen molar-refractivity contribution >= 4 is 54.9 Å². The smallest absolute Gasteiger partial charge is 0.302 e. The van der Waals surface area contributed by atoms with Crippen LogP contribution in [0.1, 0.15) is 188 Å². The minimum absolute atomic E-state index is 0.00435. The van der Waals surface area contributed by atoms with Gasteiger partial charge in [-0.05, 0) is 66.2 Å². The quantitative estimate of drug-likeness (QED) is 0.0365. The van der Waals surface area contributed by atoms with E-state index in [4.69, 9.17) is 46.4 Å². The van der Waals surface area contributed by atoms with E-state index in [9.17, 15) is 24.0 Å². The molecule has 2 spiro atoms. The first-order chi connectivity index (χ1) is 35.1. The standard InChI is InChI=1S/C58H104O15Si3/c1-22-75(23-2,24-3)73-56(18)31-49(69-58(36-56)33-48(65-43(13)60)27-46(68-58)30-53(63)72-76(37(4)5,38(6)7)39(8)9)25-40(10)41(11)54(66-44(14)61)42(12)52(62)29-45-26-47(64-19)32-57(67-45)34-50(28-51(35-59)70-57)71-74(20,21)55(15,16)17/h35,37-39,41-42,45-51,54H,10,22-34,36H2,1-9,11-21H3/t41-,42+,45-,46+,47-,48-,49-,50-,51+,54-,56-,57-,58+/m0/s1. The lowest BCUT2D eigenvalue weighted by atomic mass is 9.78. The van der Waals surface area contributed by atoms with Crippen LogP contribution in [0, 0.1) is 11.8 Å². The highest BCUT2D eigenvalue weighted by Gasteiger charge is 2.57.